The first kappa shape index (κ1) is 22.2. The van der Waals surface area contributed by atoms with Crippen LogP contribution in [0.25, 0.3) is 16.6 Å². The second-order valence-corrected chi connectivity index (χ2v) is 9.03. The van der Waals surface area contributed by atoms with Gasteiger partial charge in [0.1, 0.15) is 11.5 Å². The van der Waals surface area contributed by atoms with Crippen molar-refractivity contribution in [2.75, 3.05) is 19.0 Å². The van der Waals surface area contributed by atoms with E-state index in [1.165, 1.54) is 0 Å². The molecular formula is C27H25N5O4. The average molecular weight is 484 g/mol. The number of carbonyl (C=O) groups is 2. The molecule has 1 amide bonds. The minimum Gasteiger partial charge on any atom is -0.497 e. The fraction of sp³-hybridized carbons (Fsp3) is 0.259. The second kappa shape index (κ2) is 9.09. The minimum atomic E-state index is -1.15. The highest BCUT2D eigenvalue weighted by Crippen LogP contribution is 2.30. The molecule has 4 aromatic rings. The van der Waals surface area contributed by atoms with Crippen LogP contribution >= 0.6 is 0 Å². The number of hydrogen-bond acceptors (Lipinski definition) is 7. The van der Waals surface area contributed by atoms with Gasteiger partial charge >= 0.3 is 0 Å². The molecule has 2 aliphatic rings. The van der Waals surface area contributed by atoms with Crippen molar-refractivity contribution in [2.24, 2.45) is 0 Å². The number of rotatable bonds is 6. The van der Waals surface area contributed by atoms with E-state index in [2.05, 4.69) is 15.6 Å². The number of aromatic nitrogens is 3. The summed E-state index contributed by atoms with van der Waals surface area (Å²) >= 11 is 0. The molecule has 36 heavy (non-hydrogen) atoms. The van der Waals surface area contributed by atoms with Crippen molar-refractivity contribution in [2.45, 2.75) is 31.4 Å². The Hall–Kier alpha value is -4.24. The monoisotopic (exact) mass is 483 g/mol. The van der Waals surface area contributed by atoms with Crippen LogP contribution in [0.4, 0.5) is 5.69 Å². The Bertz CT molecular complexity index is 1480. The zero-order valence-corrected chi connectivity index (χ0v) is 19.7. The molecule has 0 saturated carbocycles. The van der Waals surface area contributed by atoms with Crippen LogP contribution in [0.15, 0.2) is 60.9 Å². The van der Waals surface area contributed by atoms with Crippen LogP contribution in [0.1, 0.15) is 17.7 Å². The summed E-state index contributed by atoms with van der Waals surface area (Å²) in [5.41, 5.74) is 4.58. The first-order chi connectivity index (χ1) is 17.6. The molecule has 0 spiro atoms. The van der Waals surface area contributed by atoms with Crippen molar-refractivity contribution in [3.05, 3.63) is 72.2 Å². The highest BCUT2D eigenvalue weighted by molar-refractivity contribution is 6.12. The third-order valence-corrected chi connectivity index (χ3v) is 6.73. The number of hydrogen-bond donors (Lipinski definition) is 2. The number of fused-ring (bicyclic) bond motifs is 3. The molecule has 2 N–H and O–H groups in total. The maximum absolute atomic E-state index is 12.8. The summed E-state index contributed by atoms with van der Waals surface area (Å²) in [5, 5.41) is 11.9. The van der Waals surface area contributed by atoms with Gasteiger partial charge in [0.2, 0.25) is 6.10 Å². The lowest BCUT2D eigenvalue weighted by molar-refractivity contribution is -0.135. The first-order valence-corrected chi connectivity index (χ1v) is 11.9. The number of ketones is 1. The lowest BCUT2D eigenvalue weighted by Crippen LogP contribution is -2.48. The van der Waals surface area contributed by atoms with E-state index in [-0.39, 0.29) is 18.4 Å². The second-order valence-electron chi connectivity index (χ2n) is 9.03. The molecule has 9 nitrogen and oxygen atoms in total. The Labute approximate surface area is 207 Å². The van der Waals surface area contributed by atoms with Gasteiger partial charge in [-0.1, -0.05) is 12.1 Å². The lowest BCUT2D eigenvalue weighted by atomic mass is 9.93. The van der Waals surface area contributed by atoms with E-state index >= 15 is 0 Å². The van der Waals surface area contributed by atoms with E-state index in [0.29, 0.717) is 11.4 Å². The quantitative estimate of drug-likeness (QED) is 0.406. The number of nitrogens with zero attached hydrogens (tertiary/aromatic N) is 3. The van der Waals surface area contributed by atoms with Gasteiger partial charge in [0.15, 0.2) is 5.78 Å². The molecule has 0 radical (unpaired) electrons. The van der Waals surface area contributed by atoms with Crippen LogP contribution in [0.3, 0.4) is 0 Å². The van der Waals surface area contributed by atoms with Crippen molar-refractivity contribution in [3.8, 4) is 17.2 Å². The van der Waals surface area contributed by atoms with Crippen LogP contribution in [-0.4, -0.2) is 52.3 Å². The average Bonchev–Trinajstić information content (AvgIpc) is 3.34. The van der Waals surface area contributed by atoms with E-state index in [1.807, 2.05) is 35.1 Å². The number of aryl methyl sites for hydroxylation is 1. The maximum Gasteiger partial charge on any atom is 0.273 e. The zero-order valence-electron chi connectivity index (χ0n) is 19.7. The molecule has 1 aliphatic heterocycles. The highest BCUT2D eigenvalue weighted by atomic mass is 16.5. The van der Waals surface area contributed by atoms with Crippen LogP contribution < -0.4 is 20.1 Å². The van der Waals surface area contributed by atoms with Crippen molar-refractivity contribution < 1.29 is 19.1 Å². The van der Waals surface area contributed by atoms with Crippen molar-refractivity contribution >= 4 is 28.3 Å². The van der Waals surface area contributed by atoms with Crippen LogP contribution in [-0.2, 0) is 22.4 Å². The van der Waals surface area contributed by atoms with E-state index < -0.39 is 12.0 Å². The Morgan fingerprint density at radius 3 is 3.03 bits per heavy atom. The molecule has 9 heteroatoms. The summed E-state index contributed by atoms with van der Waals surface area (Å²) in [7, 11) is 1.65. The third kappa shape index (κ3) is 4.07. The SMILES string of the molecule is COc1ccc2nccc(-n3cc4c(n3)CCC(NCC(=O)C3Oc5ccccc5NC3=O)C4)c2c1. The molecule has 2 aromatic heterocycles. The van der Waals surface area contributed by atoms with Crippen LogP contribution in [0.5, 0.6) is 11.5 Å². The number of para-hydroxylation sites is 2. The van der Waals surface area contributed by atoms with Gasteiger partial charge in [-0.25, -0.2) is 4.68 Å². The molecule has 0 saturated heterocycles. The smallest absolute Gasteiger partial charge is 0.273 e. The molecule has 182 valence electrons. The van der Waals surface area contributed by atoms with Crippen molar-refractivity contribution in [1.29, 1.82) is 0 Å². The van der Waals surface area contributed by atoms with E-state index in [1.54, 1.807) is 37.6 Å². The number of amides is 1. The topological polar surface area (TPSA) is 107 Å². The Balaban J connectivity index is 1.14. The Morgan fingerprint density at radius 1 is 1.25 bits per heavy atom. The summed E-state index contributed by atoms with van der Waals surface area (Å²) < 4.78 is 13.0. The molecule has 1 aliphatic carbocycles. The minimum absolute atomic E-state index is 0.0587. The van der Waals surface area contributed by atoms with Gasteiger partial charge in [0.05, 0.1) is 36.2 Å². The summed E-state index contributed by atoms with van der Waals surface area (Å²) in [4.78, 5) is 29.6. The number of methoxy groups -OCH3 is 1. The first-order valence-electron chi connectivity index (χ1n) is 11.9. The van der Waals surface area contributed by atoms with Gasteiger partial charge < -0.3 is 20.1 Å². The molecular weight excluding hydrogens is 458 g/mol. The zero-order chi connectivity index (χ0) is 24.6. The summed E-state index contributed by atoms with van der Waals surface area (Å²) in [6, 6.07) is 15.0. The number of Topliss-reactive ketones (excluding diaryl/α,β-unsaturated/α-hetero) is 1. The molecule has 2 unspecified atom stereocenters. The maximum atomic E-state index is 12.8. The van der Waals surface area contributed by atoms with E-state index in [0.717, 1.165) is 52.9 Å². The normalized spacial score (nSPS) is 18.6. The molecule has 0 bridgehead atoms. The van der Waals surface area contributed by atoms with E-state index in [4.69, 9.17) is 14.6 Å². The summed E-state index contributed by atoms with van der Waals surface area (Å²) in [6.45, 7) is 0.0587. The van der Waals surface area contributed by atoms with Gasteiger partial charge in [0.25, 0.3) is 5.91 Å². The molecule has 0 fully saturated rings. The third-order valence-electron chi connectivity index (χ3n) is 6.73. The number of anilines is 1. The van der Waals surface area contributed by atoms with Crippen LogP contribution in [0.2, 0.25) is 0 Å². The van der Waals surface area contributed by atoms with Crippen molar-refractivity contribution in [3.63, 3.8) is 0 Å². The summed E-state index contributed by atoms with van der Waals surface area (Å²) in [6.07, 6.45) is 5.08. The van der Waals surface area contributed by atoms with E-state index in [9.17, 15) is 9.59 Å². The van der Waals surface area contributed by atoms with Gasteiger partial charge in [-0.3, -0.25) is 14.6 Å². The standard InChI is InChI=1S/C27H25N5O4/c1-35-18-7-9-21-19(13-18)23(10-11-28-21)32-15-16-12-17(6-8-20(16)31-32)29-14-24(33)26-27(34)30-22-4-2-3-5-25(22)36-26/h2-5,7,9-11,13,15,17,26,29H,6,8,12,14H2,1H3,(H,30,34). The van der Waals surface area contributed by atoms with Gasteiger partial charge in [-0.15, -0.1) is 0 Å². The fourth-order valence-corrected chi connectivity index (χ4v) is 4.84. The van der Waals surface area contributed by atoms with Gasteiger partial charge in [0, 0.05) is 23.8 Å². The number of nitrogens with one attached hydrogen (secondary N) is 2. The summed E-state index contributed by atoms with van der Waals surface area (Å²) in [5.74, 6) is 0.544. The van der Waals surface area contributed by atoms with Gasteiger partial charge in [-0.2, -0.15) is 5.10 Å². The molecule has 2 aromatic carbocycles. The molecule has 3 heterocycles. The number of carbonyl (C=O) groups excluding carboxylic acids is 2. The molecule has 6 rings (SSSR count). The highest BCUT2D eigenvalue weighted by Gasteiger charge is 2.34. The predicted octanol–water partition coefficient (Wildman–Crippen LogP) is 2.84. The Kier molecular flexibility index (Phi) is 5.61. The number of ether oxygens (including phenoxy) is 2. The fourth-order valence-electron chi connectivity index (χ4n) is 4.84. The van der Waals surface area contributed by atoms with Crippen LogP contribution in [0, 0.1) is 0 Å². The predicted molar refractivity (Wildman–Crippen MR) is 134 cm³/mol. The van der Waals surface area contributed by atoms with Crippen molar-refractivity contribution in [1.82, 2.24) is 20.1 Å². The number of benzene rings is 2. The Morgan fingerprint density at radius 2 is 2.14 bits per heavy atom. The molecule has 2 atom stereocenters. The van der Waals surface area contributed by atoms with Gasteiger partial charge in [-0.05, 0) is 61.2 Å². The number of pyridine rings is 1. The lowest BCUT2D eigenvalue weighted by Gasteiger charge is -2.26. The largest absolute Gasteiger partial charge is 0.497 e.